The third-order valence-corrected chi connectivity index (χ3v) is 1.06. The molecule has 1 aromatic heterocycles. The van der Waals surface area contributed by atoms with Crippen molar-refractivity contribution < 1.29 is 0 Å². The second-order valence-corrected chi connectivity index (χ2v) is 2.24. The molecule has 3 heteroatoms. The average Bonchev–Trinajstić information content (AvgIpc) is 2.15. The van der Waals surface area contributed by atoms with Gasteiger partial charge in [0.1, 0.15) is 0 Å². The lowest BCUT2D eigenvalue weighted by molar-refractivity contribution is 0.589. The lowest BCUT2D eigenvalue weighted by Crippen LogP contribution is -2.21. The largest absolute Gasteiger partial charge is 0.336 e. The molecule has 9 heavy (non-hydrogen) atoms. The molecule has 0 saturated carbocycles. The Balaban J connectivity index is 2.48. The Kier molecular flexibility index (Phi) is 1.85. The Labute approximate surface area is 54.5 Å². The molecule has 0 bridgehead atoms. The Morgan fingerprint density at radius 1 is 1.78 bits per heavy atom. The van der Waals surface area contributed by atoms with Gasteiger partial charge in [0, 0.05) is 25.0 Å². The highest BCUT2D eigenvalue weighted by Gasteiger charge is 1.92. The molecule has 1 atom stereocenters. The van der Waals surface area contributed by atoms with Gasteiger partial charge in [-0.2, -0.15) is 0 Å². The average molecular weight is 125 g/mol. The normalized spacial score (nSPS) is 13.6. The lowest BCUT2D eigenvalue weighted by atomic mass is 10.4. The van der Waals surface area contributed by atoms with Crippen molar-refractivity contribution in [1.29, 1.82) is 0 Å². The van der Waals surface area contributed by atoms with Crippen molar-refractivity contribution >= 4 is 0 Å². The fourth-order valence-corrected chi connectivity index (χ4v) is 0.727. The molecule has 0 aromatic carbocycles. The summed E-state index contributed by atoms with van der Waals surface area (Å²) in [5.74, 6) is 0. The van der Waals surface area contributed by atoms with Gasteiger partial charge in [-0.15, -0.1) is 0 Å². The molecule has 0 radical (unpaired) electrons. The number of rotatable bonds is 2. The summed E-state index contributed by atoms with van der Waals surface area (Å²) in [6.45, 7) is 2.82. The van der Waals surface area contributed by atoms with E-state index in [1.54, 1.807) is 12.5 Å². The van der Waals surface area contributed by atoms with Gasteiger partial charge in [-0.3, -0.25) is 0 Å². The molecule has 2 N–H and O–H groups in total. The van der Waals surface area contributed by atoms with Crippen molar-refractivity contribution in [1.82, 2.24) is 9.55 Å². The number of imidazole rings is 1. The van der Waals surface area contributed by atoms with Crippen molar-refractivity contribution in [2.75, 3.05) is 0 Å². The van der Waals surface area contributed by atoms with Crippen LogP contribution in [0, 0.1) is 0 Å². The molecule has 0 saturated heterocycles. The van der Waals surface area contributed by atoms with E-state index in [4.69, 9.17) is 5.73 Å². The molecule has 1 heterocycles. The number of aromatic nitrogens is 2. The minimum Gasteiger partial charge on any atom is -0.336 e. The molecule has 0 fully saturated rings. The van der Waals surface area contributed by atoms with Gasteiger partial charge in [0.25, 0.3) is 0 Å². The van der Waals surface area contributed by atoms with Crippen LogP contribution in [0.2, 0.25) is 0 Å². The van der Waals surface area contributed by atoms with E-state index in [1.165, 1.54) is 0 Å². The number of hydrogen-bond donors (Lipinski definition) is 1. The van der Waals surface area contributed by atoms with E-state index in [1.807, 2.05) is 17.7 Å². The first-order valence-corrected chi connectivity index (χ1v) is 3.00. The predicted octanol–water partition coefficient (Wildman–Crippen LogP) is 0.230. The van der Waals surface area contributed by atoms with Crippen molar-refractivity contribution in [3.8, 4) is 0 Å². The lowest BCUT2D eigenvalue weighted by Gasteiger charge is -2.03. The van der Waals surface area contributed by atoms with E-state index in [0.717, 1.165) is 6.54 Å². The highest BCUT2D eigenvalue weighted by Crippen LogP contribution is 1.87. The molecule has 0 unspecified atom stereocenters. The highest BCUT2D eigenvalue weighted by molar-refractivity contribution is 4.75. The van der Waals surface area contributed by atoms with Crippen molar-refractivity contribution in [3.63, 3.8) is 0 Å². The van der Waals surface area contributed by atoms with E-state index >= 15 is 0 Å². The summed E-state index contributed by atoms with van der Waals surface area (Å²) in [7, 11) is 0. The van der Waals surface area contributed by atoms with Crippen LogP contribution in [-0.4, -0.2) is 15.6 Å². The predicted molar refractivity (Wildman–Crippen MR) is 35.9 cm³/mol. The van der Waals surface area contributed by atoms with E-state index in [0.29, 0.717) is 0 Å². The molecule has 50 valence electrons. The second-order valence-electron chi connectivity index (χ2n) is 2.24. The number of nitrogens with zero attached hydrogens (tertiary/aromatic N) is 2. The summed E-state index contributed by atoms with van der Waals surface area (Å²) in [6, 6.07) is 0.208. The van der Waals surface area contributed by atoms with Crippen LogP contribution in [0.5, 0.6) is 0 Å². The Bertz CT molecular complexity index is 155. The van der Waals surface area contributed by atoms with E-state index < -0.39 is 0 Å². The summed E-state index contributed by atoms with van der Waals surface area (Å²) in [5, 5.41) is 0. The molecule has 3 nitrogen and oxygen atoms in total. The molecule has 0 aliphatic rings. The Hall–Kier alpha value is -0.830. The van der Waals surface area contributed by atoms with Gasteiger partial charge < -0.3 is 10.3 Å². The van der Waals surface area contributed by atoms with Gasteiger partial charge in [0.2, 0.25) is 0 Å². The third-order valence-electron chi connectivity index (χ3n) is 1.06. The maximum atomic E-state index is 5.54. The zero-order valence-electron chi connectivity index (χ0n) is 5.49. The van der Waals surface area contributed by atoms with Crippen LogP contribution in [0.15, 0.2) is 18.7 Å². The zero-order valence-corrected chi connectivity index (χ0v) is 5.49. The van der Waals surface area contributed by atoms with Crippen molar-refractivity contribution in [3.05, 3.63) is 18.7 Å². The van der Waals surface area contributed by atoms with Crippen LogP contribution in [0.4, 0.5) is 0 Å². The number of hydrogen-bond acceptors (Lipinski definition) is 2. The Morgan fingerprint density at radius 2 is 2.56 bits per heavy atom. The first kappa shape index (κ1) is 6.29. The minimum absolute atomic E-state index is 0.208. The standard InChI is InChI=1S/C6H11N3/c1-6(7)4-9-3-2-8-5-9/h2-3,5-6H,4,7H2,1H3/t6-/m1/s1. The molecular formula is C6H11N3. The van der Waals surface area contributed by atoms with Gasteiger partial charge >= 0.3 is 0 Å². The van der Waals surface area contributed by atoms with Gasteiger partial charge in [-0.1, -0.05) is 0 Å². The van der Waals surface area contributed by atoms with E-state index in [2.05, 4.69) is 4.98 Å². The highest BCUT2D eigenvalue weighted by atomic mass is 15.0. The van der Waals surface area contributed by atoms with Crippen LogP contribution in [0.3, 0.4) is 0 Å². The molecule has 1 rings (SSSR count). The topological polar surface area (TPSA) is 43.8 Å². The smallest absolute Gasteiger partial charge is 0.0946 e. The summed E-state index contributed by atoms with van der Waals surface area (Å²) >= 11 is 0. The first-order chi connectivity index (χ1) is 4.29. The first-order valence-electron chi connectivity index (χ1n) is 3.00. The van der Waals surface area contributed by atoms with E-state index in [9.17, 15) is 0 Å². The summed E-state index contributed by atoms with van der Waals surface area (Å²) < 4.78 is 1.96. The van der Waals surface area contributed by atoms with Gasteiger partial charge in [0.05, 0.1) is 6.33 Å². The molecule has 0 spiro atoms. The van der Waals surface area contributed by atoms with Gasteiger partial charge in [-0.25, -0.2) is 4.98 Å². The van der Waals surface area contributed by atoms with Crippen molar-refractivity contribution in [2.24, 2.45) is 5.73 Å². The quantitative estimate of drug-likeness (QED) is 0.615. The molecule has 0 amide bonds. The zero-order chi connectivity index (χ0) is 6.69. The van der Waals surface area contributed by atoms with Gasteiger partial charge in [0.15, 0.2) is 0 Å². The summed E-state index contributed by atoms with van der Waals surface area (Å²) in [6.07, 6.45) is 5.43. The summed E-state index contributed by atoms with van der Waals surface area (Å²) in [4.78, 5) is 3.88. The SMILES string of the molecule is C[C@@H](N)Cn1ccnc1. The van der Waals surface area contributed by atoms with Crippen LogP contribution in [0.25, 0.3) is 0 Å². The minimum atomic E-state index is 0.208. The molecule has 1 aromatic rings. The monoisotopic (exact) mass is 125 g/mol. The van der Waals surface area contributed by atoms with E-state index in [-0.39, 0.29) is 6.04 Å². The maximum absolute atomic E-state index is 5.54. The van der Waals surface area contributed by atoms with Crippen LogP contribution >= 0.6 is 0 Å². The Morgan fingerprint density at radius 3 is 3.00 bits per heavy atom. The van der Waals surface area contributed by atoms with Gasteiger partial charge in [-0.05, 0) is 6.92 Å². The molecule has 0 aliphatic carbocycles. The third kappa shape index (κ3) is 1.85. The molecule has 0 aliphatic heterocycles. The van der Waals surface area contributed by atoms with Crippen LogP contribution in [0.1, 0.15) is 6.92 Å². The molecular weight excluding hydrogens is 114 g/mol. The fourth-order valence-electron chi connectivity index (χ4n) is 0.727. The summed E-state index contributed by atoms with van der Waals surface area (Å²) in [5.41, 5.74) is 5.54. The second kappa shape index (κ2) is 2.64. The van der Waals surface area contributed by atoms with Crippen molar-refractivity contribution in [2.45, 2.75) is 19.5 Å². The number of nitrogens with two attached hydrogens (primary N) is 1. The van der Waals surface area contributed by atoms with Crippen LogP contribution in [-0.2, 0) is 6.54 Å². The van der Waals surface area contributed by atoms with Crippen LogP contribution < -0.4 is 5.73 Å². The fraction of sp³-hybridized carbons (Fsp3) is 0.500. The maximum Gasteiger partial charge on any atom is 0.0946 e.